The minimum atomic E-state index is -0.0455. The first-order chi connectivity index (χ1) is 8.71. The number of aliphatic hydroxyl groups is 1. The van der Waals surface area contributed by atoms with Crippen molar-refractivity contribution in [3.8, 4) is 0 Å². The van der Waals surface area contributed by atoms with Crippen LogP contribution in [0.15, 0.2) is 0 Å². The first-order valence-corrected chi connectivity index (χ1v) is 7.81. The second-order valence-corrected chi connectivity index (χ2v) is 5.69. The Bertz CT molecular complexity index is 213. The van der Waals surface area contributed by atoms with Gasteiger partial charge in [-0.15, -0.1) is 0 Å². The highest BCUT2D eigenvalue weighted by atomic mass is 16.3. The summed E-state index contributed by atoms with van der Waals surface area (Å²) in [4.78, 5) is 2.64. The predicted molar refractivity (Wildman–Crippen MR) is 77.9 cm³/mol. The molecule has 0 amide bonds. The van der Waals surface area contributed by atoms with Crippen molar-refractivity contribution in [2.45, 2.75) is 70.9 Å². The van der Waals surface area contributed by atoms with E-state index in [1.807, 2.05) is 0 Å². The highest BCUT2D eigenvalue weighted by Crippen LogP contribution is 2.27. The van der Waals surface area contributed by atoms with Gasteiger partial charge < -0.3 is 15.3 Å². The van der Waals surface area contributed by atoms with Crippen LogP contribution in [0.3, 0.4) is 0 Å². The quantitative estimate of drug-likeness (QED) is 0.596. The number of hydrogen-bond acceptors (Lipinski definition) is 3. The molecule has 0 heterocycles. The molecule has 0 aliphatic heterocycles. The van der Waals surface area contributed by atoms with Crippen LogP contribution in [-0.4, -0.2) is 47.8 Å². The maximum Gasteiger partial charge on any atom is 0.0613 e. The molecule has 1 rings (SSSR count). The third-order valence-electron chi connectivity index (χ3n) is 4.21. The first-order valence-electron chi connectivity index (χ1n) is 7.81. The molecule has 108 valence electrons. The summed E-state index contributed by atoms with van der Waals surface area (Å²) < 4.78 is 0. The Labute approximate surface area is 113 Å². The van der Waals surface area contributed by atoms with Crippen molar-refractivity contribution < 1.29 is 5.11 Å². The summed E-state index contributed by atoms with van der Waals surface area (Å²) in [7, 11) is 0. The van der Waals surface area contributed by atoms with E-state index in [0.717, 1.165) is 25.4 Å². The topological polar surface area (TPSA) is 35.5 Å². The zero-order valence-electron chi connectivity index (χ0n) is 12.5. The summed E-state index contributed by atoms with van der Waals surface area (Å²) in [5.74, 6) is 0. The molecule has 0 aromatic heterocycles. The predicted octanol–water partition coefficient (Wildman–Crippen LogP) is 2.39. The highest BCUT2D eigenvalue weighted by molar-refractivity contribution is 4.88. The van der Waals surface area contributed by atoms with Crippen molar-refractivity contribution in [1.29, 1.82) is 0 Å². The first kappa shape index (κ1) is 15.9. The molecule has 0 spiro atoms. The molecular formula is C15H32N2O. The van der Waals surface area contributed by atoms with Crippen LogP contribution in [0.2, 0.25) is 0 Å². The Morgan fingerprint density at radius 2 is 1.94 bits per heavy atom. The molecule has 1 unspecified atom stereocenters. The summed E-state index contributed by atoms with van der Waals surface area (Å²) in [6, 6.07) is 0.870. The van der Waals surface area contributed by atoms with Crippen molar-refractivity contribution in [3.05, 3.63) is 0 Å². The van der Waals surface area contributed by atoms with E-state index in [1.165, 1.54) is 38.8 Å². The van der Waals surface area contributed by atoms with Gasteiger partial charge in [-0.2, -0.15) is 0 Å². The molecule has 18 heavy (non-hydrogen) atoms. The van der Waals surface area contributed by atoms with Gasteiger partial charge in [0.25, 0.3) is 0 Å². The fourth-order valence-electron chi connectivity index (χ4n) is 2.84. The fraction of sp³-hybridized carbons (Fsp3) is 1.00. The van der Waals surface area contributed by atoms with Crippen LogP contribution in [-0.2, 0) is 0 Å². The molecule has 1 atom stereocenters. The van der Waals surface area contributed by atoms with Gasteiger partial charge in [0.15, 0.2) is 0 Å². The molecule has 3 heteroatoms. The average Bonchev–Trinajstić information content (AvgIpc) is 3.21. The van der Waals surface area contributed by atoms with Crippen molar-refractivity contribution >= 4 is 0 Å². The number of nitrogens with one attached hydrogen (secondary N) is 1. The van der Waals surface area contributed by atoms with Crippen LogP contribution >= 0.6 is 0 Å². The Balaban J connectivity index is 2.32. The molecule has 2 N–H and O–H groups in total. The highest BCUT2D eigenvalue weighted by Gasteiger charge is 2.29. The van der Waals surface area contributed by atoms with Gasteiger partial charge in [0.05, 0.1) is 6.61 Å². The van der Waals surface area contributed by atoms with Gasteiger partial charge in [-0.05, 0) is 58.2 Å². The van der Waals surface area contributed by atoms with Crippen molar-refractivity contribution in [2.75, 3.05) is 26.2 Å². The van der Waals surface area contributed by atoms with E-state index in [-0.39, 0.29) is 12.1 Å². The molecule has 1 aliphatic rings. The molecule has 0 aromatic rings. The van der Waals surface area contributed by atoms with E-state index in [1.54, 1.807) is 0 Å². The lowest BCUT2D eigenvalue weighted by molar-refractivity contribution is 0.139. The van der Waals surface area contributed by atoms with Crippen LogP contribution in [0, 0.1) is 0 Å². The van der Waals surface area contributed by atoms with Crippen LogP contribution in [0.4, 0.5) is 0 Å². The minimum Gasteiger partial charge on any atom is -0.394 e. The van der Waals surface area contributed by atoms with E-state index < -0.39 is 0 Å². The standard InChI is InChI=1S/C15H32N2O/c1-4-11-17(14-8-9-14)12-7-10-15(5-2,13-18)16-6-3/h14,16,18H,4-13H2,1-3H3. The van der Waals surface area contributed by atoms with Crippen LogP contribution in [0.25, 0.3) is 0 Å². The van der Waals surface area contributed by atoms with E-state index in [0.29, 0.717) is 0 Å². The minimum absolute atomic E-state index is 0.0455. The largest absolute Gasteiger partial charge is 0.394 e. The molecule has 1 fully saturated rings. The second-order valence-electron chi connectivity index (χ2n) is 5.69. The molecule has 1 aliphatic carbocycles. The zero-order valence-corrected chi connectivity index (χ0v) is 12.5. The summed E-state index contributed by atoms with van der Waals surface area (Å²) >= 11 is 0. The van der Waals surface area contributed by atoms with Crippen molar-refractivity contribution in [1.82, 2.24) is 10.2 Å². The van der Waals surface area contributed by atoms with E-state index in [9.17, 15) is 5.11 Å². The lowest BCUT2D eigenvalue weighted by atomic mass is 9.91. The van der Waals surface area contributed by atoms with E-state index in [4.69, 9.17) is 0 Å². The van der Waals surface area contributed by atoms with Gasteiger partial charge in [0.2, 0.25) is 0 Å². The fourth-order valence-corrected chi connectivity index (χ4v) is 2.84. The normalized spacial score (nSPS) is 19.2. The molecule has 0 saturated heterocycles. The van der Waals surface area contributed by atoms with Gasteiger partial charge in [-0.3, -0.25) is 0 Å². The van der Waals surface area contributed by atoms with Crippen LogP contribution < -0.4 is 5.32 Å². The second kappa shape index (κ2) is 8.13. The maximum absolute atomic E-state index is 9.62. The van der Waals surface area contributed by atoms with Crippen molar-refractivity contribution in [2.24, 2.45) is 0 Å². The van der Waals surface area contributed by atoms with Gasteiger partial charge in [0, 0.05) is 11.6 Å². The Kier molecular flexibility index (Phi) is 7.20. The molecule has 1 saturated carbocycles. The molecule has 0 aromatic carbocycles. The van der Waals surface area contributed by atoms with Crippen LogP contribution in [0.5, 0.6) is 0 Å². The number of likely N-dealkylation sites (N-methyl/N-ethyl adjacent to an activating group) is 1. The van der Waals surface area contributed by atoms with Gasteiger partial charge >= 0.3 is 0 Å². The number of aliphatic hydroxyl groups excluding tert-OH is 1. The lowest BCUT2D eigenvalue weighted by Crippen LogP contribution is -2.48. The molecular weight excluding hydrogens is 224 g/mol. The maximum atomic E-state index is 9.62. The van der Waals surface area contributed by atoms with Gasteiger partial charge in [-0.25, -0.2) is 0 Å². The summed E-state index contributed by atoms with van der Waals surface area (Å²) in [5.41, 5.74) is -0.0455. The van der Waals surface area contributed by atoms with Gasteiger partial charge in [-0.1, -0.05) is 20.8 Å². The SMILES string of the molecule is CCCN(CCCC(CC)(CO)NCC)C1CC1. The lowest BCUT2D eigenvalue weighted by Gasteiger charge is -2.33. The third kappa shape index (κ3) is 4.87. The number of nitrogens with zero attached hydrogens (tertiary/aromatic N) is 1. The van der Waals surface area contributed by atoms with Crippen LogP contribution in [0.1, 0.15) is 59.3 Å². The zero-order chi connectivity index (χ0) is 13.4. The van der Waals surface area contributed by atoms with E-state index in [2.05, 4.69) is 31.0 Å². The van der Waals surface area contributed by atoms with Crippen molar-refractivity contribution in [3.63, 3.8) is 0 Å². The smallest absolute Gasteiger partial charge is 0.0613 e. The molecule has 0 radical (unpaired) electrons. The van der Waals surface area contributed by atoms with Gasteiger partial charge in [0.1, 0.15) is 0 Å². The van der Waals surface area contributed by atoms with E-state index >= 15 is 0 Å². The third-order valence-corrected chi connectivity index (χ3v) is 4.21. The summed E-state index contributed by atoms with van der Waals surface area (Å²) in [6.45, 7) is 10.2. The Morgan fingerprint density at radius 3 is 2.39 bits per heavy atom. The Hall–Kier alpha value is -0.120. The number of rotatable bonds is 11. The Morgan fingerprint density at radius 1 is 1.22 bits per heavy atom. The summed E-state index contributed by atoms with van der Waals surface area (Å²) in [5, 5.41) is 13.1. The summed E-state index contributed by atoms with van der Waals surface area (Å²) in [6.07, 6.45) is 7.33. The molecule has 3 nitrogen and oxygen atoms in total. The molecule has 0 bridgehead atoms. The monoisotopic (exact) mass is 256 g/mol. The number of hydrogen-bond donors (Lipinski definition) is 2. The average molecular weight is 256 g/mol.